The van der Waals surface area contributed by atoms with Crippen molar-refractivity contribution >= 4 is 28.0 Å². The highest BCUT2D eigenvalue weighted by atomic mass is 19.1. The number of halogens is 1. The third-order valence-corrected chi connectivity index (χ3v) is 3.08. The summed E-state index contributed by atoms with van der Waals surface area (Å²) in [4.78, 5) is 10.9. The van der Waals surface area contributed by atoms with Gasteiger partial charge in [0.25, 0.3) is 0 Å². The van der Waals surface area contributed by atoms with E-state index in [9.17, 15) is 9.30 Å². The summed E-state index contributed by atoms with van der Waals surface area (Å²) in [6, 6.07) is 8.09. The Bertz CT molecular complexity index is 797. The Balaban J connectivity index is 2.13. The summed E-state index contributed by atoms with van der Waals surface area (Å²) < 4.78 is 13.9. The third kappa shape index (κ3) is 2.01. The average Bonchev–Trinajstić information content (AvgIpc) is 2.90. The molecule has 0 atom stereocenters. The van der Waals surface area contributed by atoms with E-state index in [0.717, 1.165) is 11.1 Å². The zero-order chi connectivity index (χ0) is 14.1. The van der Waals surface area contributed by atoms with Crippen LogP contribution in [0, 0.1) is 17.6 Å². The molecule has 1 aromatic heterocycles. The molecule has 0 amide bonds. The molecule has 0 saturated carbocycles. The largest absolute Gasteiger partial charge is 0.351 e. The first-order valence-electron chi connectivity index (χ1n) is 6.01. The van der Waals surface area contributed by atoms with Gasteiger partial charge in [0.1, 0.15) is 11.5 Å². The van der Waals surface area contributed by atoms with Gasteiger partial charge in [-0.2, -0.15) is 5.10 Å². The maximum atomic E-state index is 13.9. The van der Waals surface area contributed by atoms with Crippen molar-refractivity contribution in [1.29, 1.82) is 0 Å². The second-order valence-electron chi connectivity index (χ2n) is 4.49. The van der Waals surface area contributed by atoms with Crippen molar-refractivity contribution in [2.45, 2.75) is 6.92 Å². The lowest BCUT2D eigenvalue weighted by atomic mass is 10.1. The van der Waals surface area contributed by atoms with Crippen LogP contribution >= 0.6 is 0 Å². The number of nitrogens with one attached hydrogen (secondary N) is 2. The summed E-state index contributed by atoms with van der Waals surface area (Å²) in [5.41, 5.74) is 2.50. The number of aromatic nitrogens is 2. The Morgan fingerprint density at radius 2 is 2.15 bits per heavy atom. The van der Waals surface area contributed by atoms with Crippen LogP contribution in [0.15, 0.2) is 41.7 Å². The summed E-state index contributed by atoms with van der Waals surface area (Å²) in [5.74, 6) is -0.387. The summed E-state index contributed by atoms with van der Waals surface area (Å²) >= 11 is 0. The number of aryl methyl sites for hydroxylation is 1. The summed E-state index contributed by atoms with van der Waals surface area (Å²) in [6.07, 6.45) is 1.57. The molecule has 2 N–H and O–H groups in total. The minimum Gasteiger partial charge on any atom is -0.351 e. The lowest BCUT2D eigenvalue weighted by Crippen LogP contribution is -1.95. The van der Waals surface area contributed by atoms with Gasteiger partial charge in [-0.3, -0.25) is 5.10 Å². The van der Waals surface area contributed by atoms with E-state index < -0.39 is 0 Å². The van der Waals surface area contributed by atoms with E-state index in [4.69, 9.17) is 0 Å². The average molecular weight is 270 g/mol. The second kappa shape index (κ2) is 4.73. The minimum absolute atomic E-state index is 0.207. The molecule has 20 heavy (non-hydrogen) atoms. The van der Waals surface area contributed by atoms with Gasteiger partial charge in [-0.15, -0.1) is 4.91 Å². The molecule has 0 aliphatic rings. The van der Waals surface area contributed by atoms with Gasteiger partial charge in [-0.1, -0.05) is 6.07 Å². The van der Waals surface area contributed by atoms with Crippen molar-refractivity contribution < 1.29 is 4.39 Å². The van der Waals surface area contributed by atoms with Crippen molar-refractivity contribution in [2.24, 2.45) is 5.18 Å². The van der Waals surface area contributed by atoms with Crippen LogP contribution in [0.4, 0.5) is 21.5 Å². The summed E-state index contributed by atoms with van der Waals surface area (Å²) in [6.45, 7) is 1.81. The molecule has 100 valence electrons. The molecule has 0 unspecified atom stereocenters. The van der Waals surface area contributed by atoms with Crippen LogP contribution in [-0.4, -0.2) is 10.2 Å². The minimum atomic E-state index is -0.387. The first kappa shape index (κ1) is 12.3. The Morgan fingerprint density at radius 3 is 2.90 bits per heavy atom. The molecule has 2 aromatic carbocycles. The molecular weight excluding hydrogens is 259 g/mol. The van der Waals surface area contributed by atoms with Crippen LogP contribution in [0.5, 0.6) is 0 Å². The maximum Gasteiger partial charge on any atom is 0.146 e. The SMILES string of the molecule is Cc1ccc(Nc2c(N=O)ccc3[nH]ncc23)c(F)c1. The van der Waals surface area contributed by atoms with E-state index in [0.29, 0.717) is 11.1 Å². The standard InChI is InChI=1S/C14H11FN4O/c1-8-2-3-12(10(15)6-8)17-14-9-7-16-18-11(9)4-5-13(14)19-20/h2-7,17H,1H3,(H,16,18). The number of anilines is 2. The molecule has 0 aliphatic heterocycles. The number of H-pyrrole nitrogens is 1. The van der Waals surface area contributed by atoms with Gasteiger partial charge in [0.2, 0.25) is 0 Å². The van der Waals surface area contributed by atoms with Crippen LogP contribution in [0.3, 0.4) is 0 Å². The number of nitrogens with zero attached hydrogens (tertiary/aromatic N) is 2. The third-order valence-electron chi connectivity index (χ3n) is 3.08. The van der Waals surface area contributed by atoms with Crippen LogP contribution in [0.25, 0.3) is 10.9 Å². The second-order valence-corrected chi connectivity index (χ2v) is 4.49. The normalized spacial score (nSPS) is 10.7. The maximum absolute atomic E-state index is 13.9. The Kier molecular flexibility index (Phi) is 2.90. The van der Waals surface area contributed by atoms with Crippen molar-refractivity contribution in [2.75, 3.05) is 5.32 Å². The van der Waals surface area contributed by atoms with Gasteiger partial charge in [0.05, 0.1) is 23.1 Å². The predicted octanol–water partition coefficient (Wildman–Crippen LogP) is 4.15. The van der Waals surface area contributed by atoms with Gasteiger partial charge in [0.15, 0.2) is 0 Å². The molecule has 0 fully saturated rings. The monoisotopic (exact) mass is 270 g/mol. The fraction of sp³-hybridized carbons (Fsp3) is 0.0714. The fourth-order valence-electron chi connectivity index (χ4n) is 2.07. The number of hydrogen-bond donors (Lipinski definition) is 2. The van der Waals surface area contributed by atoms with Crippen LogP contribution in [0.2, 0.25) is 0 Å². The first-order chi connectivity index (χ1) is 9.69. The molecule has 0 spiro atoms. The predicted molar refractivity (Wildman–Crippen MR) is 76.0 cm³/mol. The number of fused-ring (bicyclic) bond motifs is 1. The molecule has 3 aromatic rings. The summed E-state index contributed by atoms with van der Waals surface area (Å²) in [7, 11) is 0. The van der Waals surface area contributed by atoms with E-state index >= 15 is 0 Å². The quantitative estimate of drug-likeness (QED) is 0.702. The Hall–Kier alpha value is -2.76. The van der Waals surface area contributed by atoms with E-state index in [-0.39, 0.29) is 17.2 Å². The van der Waals surface area contributed by atoms with Crippen LogP contribution in [0.1, 0.15) is 5.56 Å². The zero-order valence-corrected chi connectivity index (χ0v) is 10.6. The molecule has 0 saturated heterocycles. The van der Waals surface area contributed by atoms with Crippen molar-refractivity contribution in [3.63, 3.8) is 0 Å². The fourth-order valence-corrected chi connectivity index (χ4v) is 2.07. The molecule has 5 nitrogen and oxygen atoms in total. The Labute approximate surface area is 113 Å². The van der Waals surface area contributed by atoms with Crippen molar-refractivity contribution in [3.05, 3.63) is 52.8 Å². The van der Waals surface area contributed by atoms with Crippen molar-refractivity contribution in [1.82, 2.24) is 10.2 Å². The van der Waals surface area contributed by atoms with Gasteiger partial charge < -0.3 is 5.32 Å². The van der Waals surface area contributed by atoms with Crippen LogP contribution < -0.4 is 5.32 Å². The molecule has 6 heteroatoms. The summed E-state index contributed by atoms with van der Waals surface area (Å²) in [5, 5.41) is 13.3. The molecular formula is C14H11FN4O. The molecule has 0 bridgehead atoms. The van der Waals surface area contributed by atoms with Gasteiger partial charge in [0, 0.05) is 5.39 Å². The van der Waals surface area contributed by atoms with E-state index in [1.807, 2.05) is 6.92 Å². The van der Waals surface area contributed by atoms with Crippen molar-refractivity contribution in [3.8, 4) is 0 Å². The number of nitroso groups, excluding NO2 is 1. The van der Waals surface area contributed by atoms with Gasteiger partial charge in [-0.25, -0.2) is 4.39 Å². The van der Waals surface area contributed by atoms with Gasteiger partial charge in [-0.05, 0) is 41.9 Å². The number of hydrogen-bond acceptors (Lipinski definition) is 4. The molecule has 3 rings (SSSR count). The highest BCUT2D eigenvalue weighted by Crippen LogP contribution is 2.35. The Morgan fingerprint density at radius 1 is 1.30 bits per heavy atom. The van der Waals surface area contributed by atoms with Gasteiger partial charge >= 0.3 is 0 Å². The smallest absolute Gasteiger partial charge is 0.146 e. The zero-order valence-electron chi connectivity index (χ0n) is 10.6. The number of aromatic amines is 1. The number of benzene rings is 2. The highest BCUT2D eigenvalue weighted by molar-refractivity contribution is 5.98. The van der Waals surface area contributed by atoms with E-state index in [1.165, 1.54) is 6.07 Å². The number of rotatable bonds is 3. The van der Waals surface area contributed by atoms with E-state index in [1.54, 1.807) is 30.5 Å². The molecule has 1 heterocycles. The first-order valence-corrected chi connectivity index (χ1v) is 6.01. The van der Waals surface area contributed by atoms with Crippen LogP contribution in [-0.2, 0) is 0 Å². The van der Waals surface area contributed by atoms with E-state index in [2.05, 4.69) is 20.7 Å². The lowest BCUT2D eigenvalue weighted by Gasteiger charge is -2.10. The molecule has 0 radical (unpaired) electrons. The topological polar surface area (TPSA) is 70.1 Å². The highest BCUT2D eigenvalue weighted by Gasteiger charge is 2.12. The molecule has 0 aliphatic carbocycles. The lowest BCUT2D eigenvalue weighted by molar-refractivity contribution is 0.631.